The van der Waals surface area contributed by atoms with Crippen LogP contribution in [0.5, 0.6) is 11.5 Å². The van der Waals surface area contributed by atoms with Gasteiger partial charge in [0.2, 0.25) is 0 Å². The summed E-state index contributed by atoms with van der Waals surface area (Å²) in [5.41, 5.74) is 0.786. The van der Waals surface area contributed by atoms with Gasteiger partial charge in [-0.05, 0) is 44.4 Å². The zero-order valence-electron chi connectivity index (χ0n) is 16.7. The Morgan fingerprint density at radius 1 is 1.13 bits per heavy atom. The molecule has 0 saturated heterocycles. The third kappa shape index (κ3) is 6.12. The van der Waals surface area contributed by atoms with Gasteiger partial charge in [0, 0.05) is 24.2 Å². The first-order valence-corrected chi connectivity index (χ1v) is 10.4. The second kappa shape index (κ2) is 11.0. The Kier molecular flexibility index (Phi) is 9.00. The molecule has 0 aliphatic carbocycles. The van der Waals surface area contributed by atoms with E-state index < -0.39 is 0 Å². The van der Waals surface area contributed by atoms with E-state index in [1.54, 1.807) is 30.2 Å². The highest BCUT2D eigenvalue weighted by Gasteiger charge is 2.21. The Hall–Kier alpha value is -1.77. The Balaban J connectivity index is 0.00000320. The minimum absolute atomic E-state index is 0. The van der Waals surface area contributed by atoms with Crippen molar-refractivity contribution in [2.75, 3.05) is 45.8 Å². The van der Waals surface area contributed by atoms with Crippen molar-refractivity contribution in [3.63, 3.8) is 0 Å². The van der Waals surface area contributed by atoms with Gasteiger partial charge in [-0.25, -0.2) is 4.98 Å². The number of likely N-dealkylation sites (N-methyl/N-ethyl adjacent to an activating group) is 1. The van der Waals surface area contributed by atoms with E-state index in [2.05, 4.69) is 4.98 Å². The average molecular weight is 491 g/mol. The minimum atomic E-state index is -0.205. The fourth-order valence-electron chi connectivity index (χ4n) is 2.57. The summed E-state index contributed by atoms with van der Waals surface area (Å²) in [5, 5.41) is 1.48. The maximum absolute atomic E-state index is 13.0. The monoisotopic (exact) mass is 489 g/mol. The Bertz CT molecular complexity index is 1010. The number of methoxy groups -OCH3 is 1. The van der Waals surface area contributed by atoms with E-state index in [9.17, 15) is 4.79 Å². The predicted molar refractivity (Wildman–Crippen MR) is 126 cm³/mol. The number of fused-ring (bicyclic) bond motifs is 1. The molecule has 30 heavy (non-hydrogen) atoms. The molecule has 0 spiro atoms. The van der Waals surface area contributed by atoms with E-state index in [0.717, 1.165) is 16.0 Å². The maximum atomic E-state index is 13.0. The van der Waals surface area contributed by atoms with E-state index in [1.165, 1.54) is 11.3 Å². The Morgan fingerprint density at radius 2 is 1.90 bits per heavy atom. The van der Waals surface area contributed by atoms with Crippen LogP contribution in [-0.4, -0.2) is 56.7 Å². The zero-order valence-corrected chi connectivity index (χ0v) is 19.9. The first-order valence-electron chi connectivity index (χ1n) is 8.85. The van der Waals surface area contributed by atoms with Gasteiger partial charge in [0.1, 0.15) is 11.5 Å². The third-order valence-electron chi connectivity index (χ3n) is 4.13. The predicted octanol–water partition coefficient (Wildman–Crippen LogP) is 5.01. The van der Waals surface area contributed by atoms with Crippen LogP contribution in [0.1, 0.15) is 0 Å². The van der Waals surface area contributed by atoms with Crippen LogP contribution in [0.3, 0.4) is 0 Å². The Labute approximate surface area is 195 Å². The second-order valence-corrected chi connectivity index (χ2v) is 8.39. The van der Waals surface area contributed by atoms with E-state index >= 15 is 0 Å². The number of anilines is 1. The van der Waals surface area contributed by atoms with Gasteiger partial charge in [0.15, 0.2) is 11.7 Å². The summed E-state index contributed by atoms with van der Waals surface area (Å²) in [7, 11) is 5.52. The average Bonchev–Trinajstić information content (AvgIpc) is 3.09. The Morgan fingerprint density at radius 3 is 2.57 bits per heavy atom. The van der Waals surface area contributed by atoms with Crippen LogP contribution in [0.2, 0.25) is 10.0 Å². The molecule has 1 aromatic heterocycles. The van der Waals surface area contributed by atoms with Crippen molar-refractivity contribution in [1.82, 2.24) is 9.88 Å². The van der Waals surface area contributed by atoms with Crippen molar-refractivity contribution in [3.8, 4) is 11.5 Å². The molecule has 10 heteroatoms. The van der Waals surface area contributed by atoms with E-state index in [-0.39, 0.29) is 24.9 Å². The molecular formula is C20H22Cl3N3O3S. The van der Waals surface area contributed by atoms with Gasteiger partial charge in [-0.3, -0.25) is 9.69 Å². The molecule has 0 bridgehead atoms. The molecule has 1 heterocycles. The fourth-order valence-corrected chi connectivity index (χ4v) is 4.03. The molecule has 0 aliphatic rings. The number of thiazole rings is 1. The van der Waals surface area contributed by atoms with Gasteiger partial charge < -0.3 is 14.4 Å². The molecule has 0 unspecified atom stereocenters. The summed E-state index contributed by atoms with van der Waals surface area (Å²) in [6.45, 7) is 1.02. The SMILES string of the molecule is COc1ccc2sc(N(CCN(C)C)C(=O)COc3ccc(Cl)cc3Cl)nc2c1.Cl. The van der Waals surface area contributed by atoms with Crippen molar-refractivity contribution < 1.29 is 14.3 Å². The molecule has 162 valence electrons. The van der Waals surface area contributed by atoms with Gasteiger partial charge in [-0.2, -0.15) is 0 Å². The quantitative estimate of drug-likeness (QED) is 0.444. The lowest BCUT2D eigenvalue weighted by molar-refractivity contribution is -0.120. The molecule has 6 nitrogen and oxygen atoms in total. The first kappa shape index (κ1) is 24.5. The summed E-state index contributed by atoms with van der Waals surface area (Å²) in [6, 6.07) is 10.6. The summed E-state index contributed by atoms with van der Waals surface area (Å²) < 4.78 is 11.9. The van der Waals surface area contributed by atoms with Crippen LogP contribution in [0, 0.1) is 0 Å². The third-order valence-corrected chi connectivity index (χ3v) is 5.72. The minimum Gasteiger partial charge on any atom is -0.497 e. The molecule has 3 rings (SSSR count). The van der Waals surface area contributed by atoms with Crippen LogP contribution in [0.25, 0.3) is 10.2 Å². The highest BCUT2D eigenvalue weighted by atomic mass is 35.5. The molecule has 0 saturated carbocycles. The number of benzene rings is 2. The molecular weight excluding hydrogens is 469 g/mol. The molecule has 0 aliphatic heterocycles. The molecule has 3 aromatic rings. The number of hydrogen-bond acceptors (Lipinski definition) is 6. The number of carbonyl (C=O) groups excluding carboxylic acids is 1. The lowest BCUT2D eigenvalue weighted by atomic mass is 10.3. The molecule has 1 amide bonds. The lowest BCUT2D eigenvalue weighted by Gasteiger charge is -2.22. The van der Waals surface area contributed by atoms with Crippen LogP contribution >= 0.6 is 46.9 Å². The number of ether oxygens (including phenoxy) is 2. The largest absolute Gasteiger partial charge is 0.497 e. The highest BCUT2D eigenvalue weighted by molar-refractivity contribution is 7.22. The van der Waals surface area contributed by atoms with E-state index in [4.69, 9.17) is 32.7 Å². The van der Waals surface area contributed by atoms with Crippen LogP contribution < -0.4 is 14.4 Å². The normalized spacial score (nSPS) is 10.7. The van der Waals surface area contributed by atoms with Crippen molar-refractivity contribution in [3.05, 3.63) is 46.4 Å². The summed E-state index contributed by atoms with van der Waals surface area (Å²) >= 11 is 13.5. The number of aromatic nitrogens is 1. The van der Waals surface area contributed by atoms with Crippen molar-refractivity contribution in [2.45, 2.75) is 0 Å². The molecule has 0 radical (unpaired) electrons. The summed E-state index contributed by atoms with van der Waals surface area (Å²) in [6.07, 6.45) is 0. The second-order valence-electron chi connectivity index (χ2n) is 6.54. The topological polar surface area (TPSA) is 54.9 Å². The smallest absolute Gasteiger partial charge is 0.266 e. The molecule has 0 fully saturated rings. The number of nitrogens with zero attached hydrogens (tertiary/aromatic N) is 3. The van der Waals surface area contributed by atoms with Crippen LogP contribution in [0.4, 0.5) is 5.13 Å². The van der Waals surface area contributed by atoms with Gasteiger partial charge in [-0.15, -0.1) is 12.4 Å². The van der Waals surface area contributed by atoms with Crippen LogP contribution in [-0.2, 0) is 4.79 Å². The number of rotatable bonds is 8. The number of amides is 1. The fraction of sp³-hybridized carbons (Fsp3) is 0.300. The lowest BCUT2D eigenvalue weighted by Crippen LogP contribution is -2.39. The molecule has 0 N–H and O–H groups in total. The van der Waals surface area contributed by atoms with E-state index in [1.807, 2.05) is 37.2 Å². The van der Waals surface area contributed by atoms with Crippen molar-refractivity contribution in [2.24, 2.45) is 0 Å². The number of hydrogen-bond donors (Lipinski definition) is 0. The summed E-state index contributed by atoms with van der Waals surface area (Å²) in [5.74, 6) is 0.927. The first-order chi connectivity index (χ1) is 13.9. The van der Waals surface area contributed by atoms with Crippen LogP contribution in [0.15, 0.2) is 36.4 Å². The number of carbonyl (C=O) groups is 1. The van der Waals surface area contributed by atoms with Crippen molar-refractivity contribution in [1.29, 1.82) is 0 Å². The number of halogens is 3. The van der Waals surface area contributed by atoms with Gasteiger partial charge >= 0.3 is 0 Å². The summed E-state index contributed by atoms with van der Waals surface area (Å²) in [4.78, 5) is 21.2. The van der Waals surface area contributed by atoms with E-state index in [0.29, 0.717) is 34.0 Å². The van der Waals surface area contributed by atoms with Gasteiger partial charge in [-0.1, -0.05) is 34.5 Å². The highest BCUT2D eigenvalue weighted by Crippen LogP contribution is 2.32. The maximum Gasteiger partial charge on any atom is 0.266 e. The zero-order chi connectivity index (χ0) is 21.0. The standard InChI is InChI=1S/C20H21Cl2N3O3S.ClH/c1-24(2)8-9-25(19(26)12-28-17-6-4-13(21)10-15(17)22)20-23-16-11-14(27-3)5-7-18(16)29-20;/h4-7,10-11H,8-9,12H2,1-3H3;1H. The molecule has 0 atom stereocenters. The van der Waals surface area contributed by atoms with Gasteiger partial charge in [0.05, 0.1) is 22.3 Å². The van der Waals surface area contributed by atoms with Gasteiger partial charge in [0.25, 0.3) is 5.91 Å². The van der Waals surface area contributed by atoms with Crippen molar-refractivity contribution >= 4 is 68.2 Å². The molecule has 2 aromatic carbocycles.